The van der Waals surface area contributed by atoms with Crippen LogP contribution in [0.5, 0.6) is 0 Å². The third-order valence-electron chi connectivity index (χ3n) is 21.9. The van der Waals surface area contributed by atoms with Gasteiger partial charge in [-0.05, 0) is 286 Å². The van der Waals surface area contributed by atoms with Crippen molar-refractivity contribution in [2.75, 3.05) is 13.1 Å². The van der Waals surface area contributed by atoms with Gasteiger partial charge >= 0.3 is 0 Å². The van der Waals surface area contributed by atoms with Crippen LogP contribution in [-0.2, 0) is 13.1 Å². The maximum absolute atomic E-state index is 8.98. The van der Waals surface area contributed by atoms with Crippen molar-refractivity contribution in [1.82, 2.24) is 31.4 Å². The van der Waals surface area contributed by atoms with Crippen molar-refractivity contribution < 1.29 is 4.52 Å². The maximum atomic E-state index is 8.98. The summed E-state index contributed by atoms with van der Waals surface area (Å²) >= 11 is 6.95. The minimum atomic E-state index is 0.387. The van der Waals surface area contributed by atoms with E-state index < -0.39 is 0 Å². The third-order valence-corrected chi connectivity index (χ3v) is 24.5. The fourth-order valence-electron chi connectivity index (χ4n) is 20.8. The van der Waals surface area contributed by atoms with Gasteiger partial charge in [0.25, 0.3) is 0 Å². The van der Waals surface area contributed by atoms with Crippen molar-refractivity contribution in [3.05, 3.63) is 67.1 Å². The molecule has 0 spiro atoms. The van der Waals surface area contributed by atoms with E-state index in [-0.39, 0.29) is 0 Å². The molecule has 0 radical (unpaired) electrons. The van der Waals surface area contributed by atoms with E-state index in [1.54, 1.807) is 11.3 Å². The molecule has 4 heterocycles. The number of hydrogen-bond acceptors (Lipinski definition) is 11. The summed E-state index contributed by atoms with van der Waals surface area (Å²) < 4.78 is 6.16. The first-order chi connectivity index (χ1) is 35.8. The third kappa shape index (κ3) is 11.3. The molecule has 12 heteroatoms. The van der Waals surface area contributed by atoms with Gasteiger partial charge in [0.2, 0.25) is 0 Å². The molecule has 16 saturated carbocycles. The first-order valence-electron chi connectivity index (χ1n) is 30.0. The van der Waals surface area contributed by atoms with Crippen LogP contribution < -0.4 is 21.3 Å². The molecule has 1 unspecified atom stereocenters. The quantitative estimate of drug-likeness (QED) is 0.141. The molecule has 20 rings (SSSR count). The first-order valence-corrected chi connectivity index (χ1v) is 32.5. The van der Waals surface area contributed by atoms with Crippen LogP contribution in [0.25, 0.3) is 0 Å². The molecule has 3 aromatic heterocycles. The minimum absolute atomic E-state index is 0.387. The Morgan fingerprint density at radius 3 is 1.42 bits per heavy atom. The Hall–Kier alpha value is -2.24. The van der Waals surface area contributed by atoms with Crippen molar-refractivity contribution in [3.63, 3.8) is 0 Å². The second-order valence-corrected chi connectivity index (χ2v) is 31.5. The molecular weight excluding hydrogens is 1020 g/mol. The SMILES string of the molecule is BrC1=NCC(CNC23CC4CC(CC(C4)C2)C3)=C1.CC(NC12CC3CC(CC(C3)C1)C2)c1ccc(C#N)s1.Cc1cc(CNC23CC4CC(CC(C4)C2)C3)no1.Cc1ncc(CNC23CC4CC(CC(C4)C2)C3)s1. The predicted octanol–water partition coefficient (Wildman–Crippen LogP) is 14.1. The number of nitrogens with zero attached hydrogens (tertiary/aromatic N) is 4. The highest BCUT2D eigenvalue weighted by atomic mass is 79.9. The Balaban J connectivity index is 0.0000000953. The van der Waals surface area contributed by atoms with E-state index in [2.05, 4.69) is 84.4 Å². The van der Waals surface area contributed by atoms with Crippen molar-refractivity contribution in [2.24, 2.45) is 76.0 Å². The zero-order valence-corrected chi connectivity index (χ0v) is 48.3. The second kappa shape index (κ2) is 20.8. The normalized spacial score (nSPS) is 41.9. The van der Waals surface area contributed by atoms with Gasteiger partial charge in [-0.25, -0.2) is 4.98 Å². The highest BCUT2D eigenvalue weighted by molar-refractivity contribution is 9.18. The molecule has 16 bridgehead atoms. The minimum Gasteiger partial charge on any atom is -0.361 e. The van der Waals surface area contributed by atoms with Gasteiger partial charge in [-0.2, -0.15) is 5.26 Å². The second-order valence-electron chi connectivity index (χ2n) is 28.2. The molecule has 3 aromatic rings. The number of aryl methyl sites for hydroxylation is 2. The largest absolute Gasteiger partial charge is 0.361 e. The van der Waals surface area contributed by atoms with Gasteiger partial charge in [-0.3, -0.25) is 4.99 Å². The maximum Gasteiger partial charge on any atom is 0.133 e. The number of nitriles is 1. The van der Waals surface area contributed by atoms with Crippen LogP contribution in [0.4, 0.5) is 0 Å². The molecular formula is C62H87BrN8OS2. The Kier molecular flexibility index (Phi) is 14.4. The highest BCUT2D eigenvalue weighted by Crippen LogP contribution is 2.59. The van der Waals surface area contributed by atoms with Gasteiger partial charge in [0.1, 0.15) is 21.3 Å². The van der Waals surface area contributed by atoms with Crippen LogP contribution in [0.1, 0.15) is 198 Å². The van der Waals surface area contributed by atoms with Crippen LogP contribution in [0.3, 0.4) is 0 Å². The number of thiophene rings is 1. The fraction of sp³-hybridized carbons (Fsp3) is 0.774. The summed E-state index contributed by atoms with van der Waals surface area (Å²) in [6, 6.07) is 8.77. The topological polar surface area (TPSA) is 123 Å². The van der Waals surface area contributed by atoms with Crippen LogP contribution in [-0.4, -0.2) is 50.0 Å². The number of nitrogens with one attached hydrogen (secondary N) is 4. The smallest absolute Gasteiger partial charge is 0.133 e. The fourth-order valence-corrected chi connectivity index (χ4v) is 22.8. The zero-order valence-electron chi connectivity index (χ0n) is 45.1. The van der Waals surface area contributed by atoms with Gasteiger partial charge in [-0.15, -0.1) is 22.7 Å². The number of aliphatic imine (C=N–C) groups is 1. The molecule has 400 valence electrons. The molecule has 0 amide bonds. The summed E-state index contributed by atoms with van der Waals surface area (Å²) in [5.74, 6) is 13.1. The van der Waals surface area contributed by atoms with Crippen molar-refractivity contribution in [3.8, 4) is 6.07 Å². The van der Waals surface area contributed by atoms with E-state index in [4.69, 9.17) is 9.78 Å². The lowest BCUT2D eigenvalue weighted by Crippen LogP contribution is -2.58. The Labute approximate surface area is 460 Å². The number of allylic oxidation sites excluding steroid dienone is 1. The molecule has 74 heavy (non-hydrogen) atoms. The van der Waals surface area contributed by atoms with E-state index in [1.165, 1.54) is 174 Å². The van der Waals surface area contributed by atoms with Crippen LogP contribution >= 0.6 is 38.6 Å². The Morgan fingerprint density at radius 2 is 1.05 bits per heavy atom. The van der Waals surface area contributed by atoms with Crippen molar-refractivity contribution in [1.29, 1.82) is 5.26 Å². The van der Waals surface area contributed by atoms with E-state index in [9.17, 15) is 0 Å². The van der Waals surface area contributed by atoms with Crippen LogP contribution in [0.15, 0.2) is 45.6 Å². The summed E-state index contributed by atoms with van der Waals surface area (Å²) in [5.41, 5.74) is 4.32. The molecule has 4 N–H and O–H groups in total. The van der Waals surface area contributed by atoms with Gasteiger partial charge in [-0.1, -0.05) is 5.16 Å². The van der Waals surface area contributed by atoms with Gasteiger partial charge in [0.05, 0.1) is 17.2 Å². The number of aromatic nitrogens is 2. The number of halogens is 1. The van der Waals surface area contributed by atoms with Gasteiger partial charge in [0.15, 0.2) is 0 Å². The molecule has 1 atom stereocenters. The van der Waals surface area contributed by atoms with Gasteiger partial charge < -0.3 is 25.8 Å². The summed E-state index contributed by atoms with van der Waals surface area (Å²) in [6.45, 7) is 10.2. The molecule has 0 aromatic carbocycles. The summed E-state index contributed by atoms with van der Waals surface area (Å²) in [6.07, 6.45) is 39.4. The van der Waals surface area contributed by atoms with Crippen LogP contribution in [0, 0.1) is 96.2 Å². The number of hydrogen-bond donors (Lipinski definition) is 4. The molecule has 1 aliphatic heterocycles. The lowest BCUT2D eigenvalue weighted by atomic mass is 9.53. The lowest BCUT2D eigenvalue weighted by molar-refractivity contribution is -0.0243. The van der Waals surface area contributed by atoms with E-state index in [0.29, 0.717) is 28.2 Å². The number of rotatable bonds is 12. The average molecular weight is 1100 g/mol. The van der Waals surface area contributed by atoms with Crippen molar-refractivity contribution >= 4 is 43.2 Å². The summed E-state index contributed by atoms with van der Waals surface area (Å²) in [4.78, 5) is 12.3. The monoisotopic (exact) mass is 1100 g/mol. The first kappa shape index (κ1) is 51.2. The molecule has 0 saturated heterocycles. The molecule has 17 aliphatic rings. The van der Waals surface area contributed by atoms with E-state index in [1.807, 2.05) is 36.6 Å². The zero-order chi connectivity index (χ0) is 50.2. The predicted molar refractivity (Wildman–Crippen MR) is 303 cm³/mol. The highest BCUT2D eigenvalue weighted by Gasteiger charge is 2.54. The van der Waals surface area contributed by atoms with Gasteiger partial charge in [0, 0.05) is 69.8 Å². The lowest BCUT2D eigenvalue weighted by Gasteiger charge is -2.57. The Morgan fingerprint density at radius 1 is 0.622 bits per heavy atom. The van der Waals surface area contributed by atoms with Crippen molar-refractivity contribution in [2.45, 2.75) is 216 Å². The summed E-state index contributed by atoms with van der Waals surface area (Å²) in [7, 11) is 0. The molecule has 9 nitrogen and oxygen atoms in total. The van der Waals surface area contributed by atoms with Crippen LogP contribution in [0.2, 0.25) is 0 Å². The van der Waals surface area contributed by atoms with E-state index in [0.717, 1.165) is 118 Å². The Bertz CT molecular complexity index is 2360. The standard InChI is InChI=1S/C17H22N2S.C15H21BrN2.C15H22N2O.C15H22N2S/c1-11(16-3-2-15(10-18)20-16)19-17-7-12-4-13(8-17)6-14(5-12)9-17;16-14-4-13(8-17-14)9-18-15-5-10-1-11(6-15)3-12(2-10)7-15;1-10-2-14(17-18-10)9-16-15-6-11-3-12(7-15)5-13(4-11)8-15;1-10-16-8-14(18-10)9-17-15-5-11-2-12(6-15)4-13(3-11)7-15/h2-3,11-14,19H,4-9H2,1H3;4,10-12,18H,1-3,5-9H2;2,11-13,16H,3-9H2,1H3;8,11-13,17H,2-7,9H2,1H3. The van der Waals surface area contributed by atoms with E-state index >= 15 is 0 Å². The molecule has 16 aliphatic carbocycles. The molecule has 16 fully saturated rings. The average Bonchev–Trinajstić information content (AvgIpc) is 4.18. The number of thiazole rings is 1. The summed E-state index contributed by atoms with van der Waals surface area (Å²) in [5, 5.41) is 29.9.